The molecule has 0 atom stereocenters. The van der Waals surface area contributed by atoms with Gasteiger partial charge in [-0.25, -0.2) is 0 Å². The van der Waals surface area contributed by atoms with Crippen LogP contribution in [0.25, 0.3) is 44.5 Å². The van der Waals surface area contributed by atoms with E-state index in [4.69, 9.17) is 4.42 Å². The smallest absolute Gasteiger partial charge is 0.0160 e. The maximum absolute atomic E-state index is 5.96. The van der Waals surface area contributed by atoms with Gasteiger partial charge in [-0.3, -0.25) is 0 Å². The monoisotopic (exact) mass is 709 g/mol. The van der Waals surface area contributed by atoms with Gasteiger partial charge in [-0.2, -0.15) is 0 Å². The Hall–Kier alpha value is -3.05. The zero-order chi connectivity index (χ0) is 24.3. The van der Waals surface area contributed by atoms with Crippen LogP contribution in [0, 0.1) is 12.1 Å². The molecule has 0 amide bonds. The van der Waals surface area contributed by atoms with Crippen molar-refractivity contribution in [2.24, 2.45) is 0 Å². The van der Waals surface area contributed by atoms with E-state index >= 15 is 0 Å². The van der Waals surface area contributed by atoms with Gasteiger partial charge in [-0.15, -0.1) is 35.9 Å². The first kappa shape index (κ1) is 26.0. The number of hydrogen-bond acceptors (Lipinski definition) is 3. The Kier molecular flexibility index (Phi) is 8.20. The molecule has 0 unspecified atom stereocenters. The normalized spacial score (nSPS) is 11.0. The van der Waals surface area contributed by atoms with Gasteiger partial charge in [0.25, 0.3) is 0 Å². The summed E-state index contributed by atoms with van der Waals surface area (Å²) in [6.45, 7) is 0. The van der Waals surface area contributed by atoms with Gasteiger partial charge in [-0.1, -0.05) is 12.1 Å². The van der Waals surface area contributed by atoms with E-state index in [0.29, 0.717) is 0 Å². The van der Waals surface area contributed by atoms with Crippen LogP contribution in [0.5, 0.6) is 0 Å². The minimum Gasteiger partial charge on any atom is -0.305 e. The van der Waals surface area contributed by atoms with Crippen molar-refractivity contribution < 1.29 is 24.5 Å². The molecule has 3 aromatic carbocycles. The summed E-state index contributed by atoms with van der Waals surface area (Å²) < 4.78 is 7.45. The van der Waals surface area contributed by atoms with Crippen molar-refractivity contribution in [2.45, 2.75) is 17.3 Å². The second kappa shape index (κ2) is 11.3. The van der Waals surface area contributed by atoms with Gasteiger partial charge in [0.1, 0.15) is 0 Å². The molecule has 6 aromatic rings. The van der Waals surface area contributed by atoms with Crippen LogP contribution in [0.2, 0.25) is 17.3 Å². The molecule has 0 saturated carbocycles. The molecule has 1 radical (unpaired) electrons. The van der Waals surface area contributed by atoms with Crippen LogP contribution in [-0.2, 0) is 20.1 Å². The average molecular weight is 707 g/mol. The summed E-state index contributed by atoms with van der Waals surface area (Å²) in [5, 5.41) is 2.33. The van der Waals surface area contributed by atoms with E-state index in [1.165, 1.54) is 9.78 Å². The van der Waals surface area contributed by atoms with E-state index in [1.54, 1.807) is 6.20 Å². The second-order valence-electron chi connectivity index (χ2n) is 9.40. The zero-order valence-electron chi connectivity index (χ0n) is 20.5. The largest absolute Gasteiger partial charge is 0.305 e. The minimum absolute atomic E-state index is 0. The van der Waals surface area contributed by atoms with Crippen LogP contribution in [0.3, 0.4) is 0 Å². The molecule has 3 heterocycles. The molecule has 0 saturated heterocycles. The van der Waals surface area contributed by atoms with E-state index in [1.807, 2.05) is 72.9 Å². The van der Waals surface area contributed by atoms with Crippen molar-refractivity contribution in [1.29, 1.82) is 0 Å². The first-order valence-electron chi connectivity index (χ1n) is 11.7. The number of aromatic nitrogens is 2. The van der Waals surface area contributed by atoms with Gasteiger partial charge in [0.2, 0.25) is 0 Å². The first-order valence-corrected chi connectivity index (χ1v) is 19.0. The van der Waals surface area contributed by atoms with Crippen molar-refractivity contribution in [2.75, 3.05) is 0 Å². The van der Waals surface area contributed by atoms with Crippen molar-refractivity contribution in [3.63, 3.8) is 0 Å². The summed E-state index contributed by atoms with van der Waals surface area (Å²) in [6, 6.07) is 36.8. The number of benzene rings is 3. The number of furan rings is 1. The van der Waals surface area contributed by atoms with Gasteiger partial charge < -0.3 is 4.98 Å². The third-order valence-corrected chi connectivity index (χ3v) is 10.1. The first-order chi connectivity index (χ1) is 17.0. The molecule has 0 aliphatic heterocycles. The maximum atomic E-state index is 5.96. The van der Waals surface area contributed by atoms with Crippen molar-refractivity contribution in [3.8, 4) is 22.5 Å². The Morgan fingerprint density at radius 2 is 1.33 bits per heavy atom. The van der Waals surface area contributed by atoms with E-state index in [2.05, 4.69) is 63.6 Å². The molecular weight excluding hydrogens is 681 g/mol. The Balaban J connectivity index is 0.000000198. The third kappa shape index (κ3) is 5.84. The Labute approximate surface area is 228 Å². The summed E-state index contributed by atoms with van der Waals surface area (Å²) in [6.07, 6.45) is 3.61. The van der Waals surface area contributed by atoms with E-state index < -0.39 is 13.3 Å². The molecule has 0 N–H and O–H groups in total. The maximum Gasteiger partial charge on any atom is 0.0160 e. The Bertz CT molecular complexity index is 1520. The standard InChI is InChI=1S/C20H18GeNO.C11H8N.Ir/c1-21(2,3)15-9-10-19-16(11-15)17-12-18(22-13-20(17)23-19)14-7-5-4-6-8-14;1-2-6-10(7-3-1)11-8-4-5-9-12-11;/h4-7,9-13H,1-3H3;1-6,8-9H;/q2*-1;. The molecule has 5 heteroatoms. The number of nitrogens with zero attached hydrogens (tertiary/aromatic N) is 2. The topological polar surface area (TPSA) is 38.9 Å². The van der Waals surface area contributed by atoms with E-state index in [0.717, 1.165) is 39.1 Å². The third-order valence-electron chi connectivity index (χ3n) is 5.86. The summed E-state index contributed by atoms with van der Waals surface area (Å²) in [5.74, 6) is 7.24. The summed E-state index contributed by atoms with van der Waals surface area (Å²) in [4.78, 5) is 8.75. The second-order valence-corrected chi connectivity index (χ2v) is 20.0. The zero-order valence-corrected chi connectivity index (χ0v) is 24.9. The molecule has 3 aromatic heterocycles. The number of rotatable bonds is 3. The van der Waals surface area contributed by atoms with Crippen LogP contribution < -0.4 is 4.40 Å². The van der Waals surface area contributed by atoms with Gasteiger partial charge in [-0.05, 0) is 11.8 Å². The van der Waals surface area contributed by atoms with Crippen LogP contribution in [0.4, 0.5) is 0 Å². The predicted molar refractivity (Wildman–Crippen MR) is 147 cm³/mol. The molecule has 0 aliphatic carbocycles. The predicted octanol–water partition coefficient (Wildman–Crippen LogP) is 7.54. The molecule has 181 valence electrons. The fourth-order valence-corrected chi connectivity index (χ4v) is 6.36. The molecule has 0 aliphatic rings. The van der Waals surface area contributed by atoms with Crippen LogP contribution in [0.15, 0.2) is 108 Å². The van der Waals surface area contributed by atoms with Crippen LogP contribution in [0.1, 0.15) is 0 Å². The quantitative estimate of drug-likeness (QED) is 0.141. The van der Waals surface area contributed by atoms with Gasteiger partial charge in [0.05, 0.1) is 0 Å². The van der Waals surface area contributed by atoms with Gasteiger partial charge >= 0.3 is 138 Å². The van der Waals surface area contributed by atoms with Crippen molar-refractivity contribution >= 4 is 39.6 Å². The summed E-state index contributed by atoms with van der Waals surface area (Å²) in [7, 11) is 0. The van der Waals surface area contributed by atoms with Crippen molar-refractivity contribution in [1.82, 2.24) is 9.97 Å². The van der Waals surface area contributed by atoms with E-state index in [-0.39, 0.29) is 20.1 Å². The SMILES string of the molecule is [CH3][Ge]([CH3])([CH3])[c]1ccc2oc3cnc(-c4[c-]cccc4)cc3c2c1.[Ir].[c-]1ccccc1-c1ccccn1. The Morgan fingerprint density at radius 1 is 0.667 bits per heavy atom. The average Bonchev–Trinajstić information content (AvgIpc) is 3.27. The number of hydrogen-bond donors (Lipinski definition) is 0. The molecule has 3 nitrogen and oxygen atoms in total. The molecule has 0 fully saturated rings. The van der Waals surface area contributed by atoms with Gasteiger partial charge in [0.15, 0.2) is 0 Å². The number of fused-ring (bicyclic) bond motifs is 3. The van der Waals surface area contributed by atoms with E-state index in [9.17, 15) is 0 Å². The molecular formula is C31H26GeIrN2O-2. The van der Waals surface area contributed by atoms with Crippen molar-refractivity contribution in [3.05, 3.63) is 116 Å². The minimum atomic E-state index is -1.86. The Morgan fingerprint density at radius 3 is 1.94 bits per heavy atom. The van der Waals surface area contributed by atoms with Gasteiger partial charge in [0, 0.05) is 26.3 Å². The summed E-state index contributed by atoms with van der Waals surface area (Å²) >= 11 is -1.86. The molecule has 36 heavy (non-hydrogen) atoms. The van der Waals surface area contributed by atoms with Crippen LogP contribution in [-0.4, -0.2) is 23.2 Å². The fourth-order valence-electron chi connectivity index (χ4n) is 3.92. The molecule has 0 bridgehead atoms. The summed E-state index contributed by atoms with van der Waals surface area (Å²) in [5.41, 5.74) is 5.73. The van der Waals surface area contributed by atoms with Crippen LogP contribution >= 0.6 is 0 Å². The molecule has 0 spiro atoms. The fraction of sp³-hybridized carbons (Fsp3) is 0.0968. The molecule has 6 rings (SSSR count). The number of pyridine rings is 2.